The average Bonchev–Trinajstić information content (AvgIpc) is 2.76. The Bertz CT molecular complexity index is 354. The molecule has 1 aliphatic rings. The van der Waals surface area contributed by atoms with Crippen molar-refractivity contribution in [1.82, 2.24) is 0 Å². The lowest BCUT2D eigenvalue weighted by Gasteiger charge is -2.30. The molecule has 0 radical (unpaired) electrons. The van der Waals surface area contributed by atoms with Crippen LogP contribution in [-0.4, -0.2) is 12.2 Å². The summed E-state index contributed by atoms with van der Waals surface area (Å²) in [6, 6.07) is 7.77. The van der Waals surface area contributed by atoms with Gasteiger partial charge >= 0.3 is 0 Å². The van der Waals surface area contributed by atoms with Crippen molar-refractivity contribution in [2.24, 2.45) is 5.41 Å². The maximum absolute atomic E-state index is 10.4. The topological polar surface area (TPSA) is 29.5 Å². The molecule has 0 amide bonds. The summed E-state index contributed by atoms with van der Waals surface area (Å²) in [5.41, 5.74) is 1.02. The van der Waals surface area contributed by atoms with Crippen LogP contribution in [0.3, 0.4) is 0 Å². The lowest BCUT2D eigenvalue weighted by molar-refractivity contribution is 0.0407. The Labute approximate surface area is 97.3 Å². The predicted octanol–water partition coefficient (Wildman–Crippen LogP) is 3.31. The van der Waals surface area contributed by atoms with Gasteiger partial charge in [0.2, 0.25) is 0 Å². The Balaban J connectivity index is 2.22. The predicted molar refractivity (Wildman–Crippen MR) is 64.5 cm³/mol. The van der Waals surface area contributed by atoms with Crippen LogP contribution in [0, 0.1) is 5.41 Å². The maximum Gasteiger partial charge on any atom is 0.119 e. The summed E-state index contributed by atoms with van der Waals surface area (Å²) in [5, 5.41) is 10.4. The smallest absolute Gasteiger partial charge is 0.119 e. The largest absolute Gasteiger partial charge is 0.497 e. The lowest BCUT2D eigenvalue weighted by atomic mass is 9.79. The Morgan fingerprint density at radius 3 is 2.62 bits per heavy atom. The van der Waals surface area contributed by atoms with Crippen LogP contribution < -0.4 is 4.74 Å². The van der Waals surface area contributed by atoms with E-state index in [2.05, 4.69) is 6.92 Å². The second kappa shape index (κ2) is 4.46. The summed E-state index contributed by atoms with van der Waals surface area (Å²) in [6.45, 7) is 2.18. The Hall–Kier alpha value is -1.02. The molecule has 1 fully saturated rings. The van der Waals surface area contributed by atoms with Gasteiger partial charge in [-0.05, 0) is 36.0 Å². The van der Waals surface area contributed by atoms with Crippen LogP contribution in [0.25, 0.3) is 0 Å². The minimum absolute atomic E-state index is 0.0480. The van der Waals surface area contributed by atoms with Gasteiger partial charge in [-0.15, -0.1) is 0 Å². The van der Waals surface area contributed by atoms with Gasteiger partial charge in [0.15, 0.2) is 0 Å². The van der Waals surface area contributed by atoms with Crippen molar-refractivity contribution in [3.05, 3.63) is 29.8 Å². The zero-order chi connectivity index (χ0) is 11.6. The summed E-state index contributed by atoms with van der Waals surface area (Å²) >= 11 is 0. The molecule has 1 unspecified atom stereocenters. The van der Waals surface area contributed by atoms with Crippen molar-refractivity contribution in [1.29, 1.82) is 0 Å². The van der Waals surface area contributed by atoms with Gasteiger partial charge in [0.05, 0.1) is 13.2 Å². The summed E-state index contributed by atoms with van der Waals surface area (Å²) in [7, 11) is 1.66. The molecule has 1 atom stereocenters. The Kier molecular flexibility index (Phi) is 3.20. The molecule has 2 nitrogen and oxygen atoms in total. The number of benzene rings is 1. The summed E-state index contributed by atoms with van der Waals surface area (Å²) < 4.78 is 5.19. The van der Waals surface area contributed by atoms with Crippen LogP contribution in [-0.2, 0) is 0 Å². The van der Waals surface area contributed by atoms with Crippen molar-refractivity contribution >= 4 is 0 Å². The van der Waals surface area contributed by atoms with Crippen molar-refractivity contribution < 1.29 is 9.84 Å². The van der Waals surface area contributed by atoms with E-state index in [-0.39, 0.29) is 11.5 Å². The van der Waals surface area contributed by atoms with Gasteiger partial charge in [-0.1, -0.05) is 31.9 Å². The molecule has 0 aromatic heterocycles. The molecule has 1 N–H and O–H groups in total. The molecule has 1 aromatic rings. The van der Waals surface area contributed by atoms with E-state index in [1.54, 1.807) is 7.11 Å². The number of methoxy groups -OCH3 is 1. The van der Waals surface area contributed by atoms with Crippen LogP contribution in [0.1, 0.15) is 44.3 Å². The zero-order valence-corrected chi connectivity index (χ0v) is 10.1. The van der Waals surface area contributed by atoms with Crippen molar-refractivity contribution in [2.75, 3.05) is 7.11 Å². The maximum atomic E-state index is 10.4. The van der Waals surface area contributed by atoms with E-state index in [4.69, 9.17) is 4.74 Å². The van der Waals surface area contributed by atoms with Gasteiger partial charge in [-0.2, -0.15) is 0 Å². The molecule has 16 heavy (non-hydrogen) atoms. The first-order chi connectivity index (χ1) is 7.65. The number of aliphatic hydroxyl groups excluding tert-OH is 1. The highest BCUT2D eigenvalue weighted by molar-refractivity contribution is 5.30. The molecule has 1 aromatic carbocycles. The van der Waals surface area contributed by atoms with Crippen molar-refractivity contribution in [2.45, 2.75) is 38.7 Å². The van der Waals surface area contributed by atoms with Crippen LogP contribution in [0.15, 0.2) is 24.3 Å². The van der Waals surface area contributed by atoms with Crippen LogP contribution >= 0.6 is 0 Å². The van der Waals surface area contributed by atoms with Gasteiger partial charge in [0.25, 0.3) is 0 Å². The minimum Gasteiger partial charge on any atom is -0.497 e. The lowest BCUT2D eigenvalue weighted by Crippen LogP contribution is -2.21. The molecule has 88 valence electrons. The van der Waals surface area contributed by atoms with E-state index in [0.717, 1.165) is 24.2 Å². The zero-order valence-electron chi connectivity index (χ0n) is 10.1. The normalized spacial score (nSPS) is 20.7. The molecular formula is C14H20O2. The molecule has 0 bridgehead atoms. The highest BCUT2D eigenvalue weighted by Crippen LogP contribution is 2.47. The quantitative estimate of drug-likeness (QED) is 0.846. The fourth-order valence-corrected chi connectivity index (χ4v) is 2.67. The third-order valence-corrected chi connectivity index (χ3v) is 3.82. The van der Waals surface area contributed by atoms with E-state index < -0.39 is 0 Å². The van der Waals surface area contributed by atoms with Gasteiger partial charge in [0, 0.05) is 0 Å². The highest BCUT2D eigenvalue weighted by atomic mass is 16.5. The number of ether oxygens (including phenoxy) is 1. The first kappa shape index (κ1) is 11.5. The first-order valence-electron chi connectivity index (χ1n) is 5.98. The average molecular weight is 220 g/mol. The monoisotopic (exact) mass is 220 g/mol. The van der Waals surface area contributed by atoms with Gasteiger partial charge in [0.1, 0.15) is 5.75 Å². The van der Waals surface area contributed by atoms with E-state index in [1.165, 1.54) is 12.8 Å². The minimum atomic E-state index is -0.370. The number of rotatable bonds is 3. The molecule has 1 aliphatic carbocycles. The number of hydrogen-bond acceptors (Lipinski definition) is 2. The summed E-state index contributed by atoms with van der Waals surface area (Å²) in [6.07, 6.45) is 4.33. The van der Waals surface area contributed by atoms with Crippen LogP contribution in [0.2, 0.25) is 0 Å². The van der Waals surface area contributed by atoms with Gasteiger partial charge in [-0.3, -0.25) is 0 Å². The SMILES string of the molecule is COc1cccc(C(O)C2(C)CCCC2)c1. The molecular weight excluding hydrogens is 200 g/mol. The molecule has 2 heteroatoms. The fourth-order valence-electron chi connectivity index (χ4n) is 2.67. The molecule has 0 saturated heterocycles. The van der Waals surface area contributed by atoms with E-state index in [1.807, 2.05) is 24.3 Å². The molecule has 0 heterocycles. The molecule has 0 spiro atoms. The third kappa shape index (κ3) is 2.07. The second-order valence-corrected chi connectivity index (χ2v) is 5.04. The third-order valence-electron chi connectivity index (χ3n) is 3.82. The van der Waals surface area contributed by atoms with Gasteiger partial charge < -0.3 is 9.84 Å². The molecule has 2 rings (SSSR count). The molecule has 0 aliphatic heterocycles. The first-order valence-corrected chi connectivity index (χ1v) is 5.98. The van der Waals surface area contributed by atoms with Crippen molar-refractivity contribution in [3.8, 4) is 5.75 Å². The summed E-state index contributed by atoms with van der Waals surface area (Å²) in [5.74, 6) is 0.818. The van der Waals surface area contributed by atoms with Crippen molar-refractivity contribution in [3.63, 3.8) is 0 Å². The van der Waals surface area contributed by atoms with Crippen LogP contribution in [0.4, 0.5) is 0 Å². The fraction of sp³-hybridized carbons (Fsp3) is 0.571. The molecule has 1 saturated carbocycles. The standard InChI is InChI=1S/C14H20O2/c1-14(8-3-4-9-14)13(15)11-6-5-7-12(10-11)16-2/h5-7,10,13,15H,3-4,8-9H2,1-2H3. The van der Waals surface area contributed by atoms with Crippen LogP contribution in [0.5, 0.6) is 5.75 Å². The highest BCUT2D eigenvalue weighted by Gasteiger charge is 2.36. The Morgan fingerprint density at radius 1 is 1.31 bits per heavy atom. The number of hydrogen-bond donors (Lipinski definition) is 1. The Morgan fingerprint density at radius 2 is 2.00 bits per heavy atom. The van der Waals surface area contributed by atoms with E-state index >= 15 is 0 Å². The summed E-state index contributed by atoms with van der Waals surface area (Å²) in [4.78, 5) is 0. The van der Waals surface area contributed by atoms with E-state index in [0.29, 0.717) is 0 Å². The van der Waals surface area contributed by atoms with Gasteiger partial charge in [-0.25, -0.2) is 0 Å². The number of aliphatic hydroxyl groups is 1. The second-order valence-electron chi connectivity index (χ2n) is 5.04. The van der Waals surface area contributed by atoms with E-state index in [9.17, 15) is 5.11 Å².